The van der Waals surface area contributed by atoms with Crippen LogP contribution in [0.15, 0.2) is 18.3 Å². The van der Waals surface area contributed by atoms with Gasteiger partial charge in [-0.2, -0.15) is 0 Å². The molecule has 0 aromatic carbocycles. The van der Waals surface area contributed by atoms with Crippen LogP contribution in [0.4, 0.5) is 5.82 Å². The van der Waals surface area contributed by atoms with Crippen molar-refractivity contribution in [3.63, 3.8) is 0 Å². The van der Waals surface area contributed by atoms with E-state index in [0.717, 1.165) is 31.1 Å². The molecule has 114 valence electrons. The van der Waals surface area contributed by atoms with Gasteiger partial charge in [0.2, 0.25) is 0 Å². The summed E-state index contributed by atoms with van der Waals surface area (Å²) in [6, 6.07) is 3.90. The fraction of sp³-hybridized carbons (Fsp3) is 0.706. The molecular formula is C17H30N2O. The lowest BCUT2D eigenvalue weighted by atomic mass is 9.87. The Hall–Kier alpha value is -1.25. The Balaban J connectivity index is 2.51. The number of rotatable bonds is 10. The number of hydrogen-bond acceptors (Lipinski definition) is 3. The van der Waals surface area contributed by atoms with Gasteiger partial charge >= 0.3 is 0 Å². The summed E-state index contributed by atoms with van der Waals surface area (Å²) in [5.74, 6) is 1.73. The molecule has 0 bridgehead atoms. The molecule has 0 atom stereocenters. The van der Waals surface area contributed by atoms with Crippen LogP contribution < -0.4 is 10.1 Å². The summed E-state index contributed by atoms with van der Waals surface area (Å²) in [5, 5.41) is 3.45. The third-order valence-electron chi connectivity index (χ3n) is 3.42. The Labute approximate surface area is 124 Å². The van der Waals surface area contributed by atoms with Gasteiger partial charge in [0.05, 0.1) is 6.61 Å². The van der Waals surface area contributed by atoms with Crippen LogP contribution in [-0.2, 0) is 0 Å². The van der Waals surface area contributed by atoms with Crippen LogP contribution in [0.1, 0.15) is 59.8 Å². The van der Waals surface area contributed by atoms with E-state index in [1.807, 2.05) is 18.3 Å². The number of nitrogens with zero attached hydrogens (tertiary/aromatic N) is 1. The summed E-state index contributed by atoms with van der Waals surface area (Å²) in [7, 11) is 0. The number of pyridine rings is 1. The van der Waals surface area contributed by atoms with E-state index in [9.17, 15) is 0 Å². The van der Waals surface area contributed by atoms with Crippen molar-refractivity contribution in [2.24, 2.45) is 5.41 Å². The van der Waals surface area contributed by atoms with E-state index < -0.39 is 0 Å². The molecule has 0 radical (unpaired) electrons. The SMILES string of the molecule is CCCCCC(C)(C)CNc1ncccc1OCCC. The Morgan fingerprint density at radius 2 is 2.00 bits per heavy atom. The first-order valence-corrected chi connectivity index (χ1v) is 7.90. The van der Waals surface area contributed by atoms with E-state index in [4.69, 9.17) is 4.74 Å². The van der Waals surface area contributed by atoms with Crippen molar-refractivity contribution in [2.75, 3.05) is 18.5 Å². The first-order chi connectivity index (χ1) is 9.59. The molecule has 20 heavy (non-hydrogen) atoms. The molecule has 0 aliphatic rings. The minimum Gasteiger partial charge on any atom is -0.490 e. The second-order valence-corrected chi connectivity index (χ2v) is 6.17. The predicted octanol–water partition coefficient (Wildman–Crippen LogP) is 4.89. The largest absolute Gasteiger partial charge is 0.490 e. The van der Waals surface area contributed by atoms with Crippen molar-refractivity contribution in [1.29, 1.82) is 0 Å². The Kier molecular flexibility index (Phi) is 7.42. The van der Waals surface area contributed by atoms with Crippen LogP contribution in [0.25, 0.3) is 0 Å². The predicted molar refractivity (Wildman–Crippen MR) is 86.4 cm³/mol. The molecule has 3 nitrogen and oxygen atoms in total. The number of ether oxygens (including phenoxy) is 1. The Morgan fingerprint density at radius 3 is 2.70 bits per heavy atom. The maximum atomic E-state index is 5.73. The minimum absolute atomic E-state index is 0.286. The monoisotopic (exact) mass is 278 g/mol. The van der Waals surface area contributed by atoms with E-state index >= 15 is 0 Å². The highest BCUT2D eigenvalue weighted by Gasteiger charge is 2.18. The minimum atomic E-state index is 0.286. The average Bonchev–Trinajstić information content (AvgIpc) is 2.44. The maximum Gasteiger partial charge on any atom is 0.168 e. The zero-order valence-corrected chi connectivity index (χ0v) is 13.5. The number of unbranched alkanes of at least 4 members (excludes halogenated alkanes) is 2. The van der Waals surface area contributed by atoms with E-state index in [0.29, 0.717) is 0 Å². The molecule has 1 N–H and O–H groups in total. The van der Waals surface area contributed by atoms with Gasteiger partial charge in [0.15, 0.2) is 11.6 Å². The summed E-state index contributed by atoms with van der Waals surface area (Å²) >= 11 is 0. The third kappa shape index (κ3) is 6.27. The summed E-state index contributed by atoms with van der Waals surface area (Å²) < 4.78 is 5.73. The molecule has 0 fully saturated rings. The molecule has 0 saturated carbocycles. The van der Waals surface area contributed by atoms with Crippen molar-refractivity contribution < 1.29 is 4.74 Å². The summed E-state index contributed by atoms with van der Waals surface area (Å²) in [4.78, 5) is 4.40. The van der Waals surface area contributed by atoms with Gasteiger partial charge in [-0.3, -0.25) is 0 Å². The maximum absolute atomic E-state index is 5.73. The smallest absolute Gasteiger partial charge is 0.168 e. The molecular weight excluding hydrogens is 248 g/mol. The molecule has 0 unspecified atom stereocenters. The highest BCUT2D eigenvalue weighted by atomic mass is 16.5. The van der Waals surface area contributed by atoms with Crippen LogP contribution in [-0.4, -0.2) is 18.1 Å². The second-order valence-electron chi connectivity index (χ2n) is 6.17. The zero-order valence-electron chi connectivity index (χ0n) is 13.5. The molecule has 1 aromatic heterocycles. The van der Waals surface area contributed by atoms with E-state index in [1.165, 1.54) is 25.7 Å². The molecule has 0 aliphatic heterocycles. The van der Waals surface area contributed by atoms with Crippen molar-refractivity contribution in [1.82, 2.24) is 4.98 Å². The number of aromatic nitrogens is 1. The van der Waals surface area contributed by atoms with Crippen molar-refractivity contribution in [3.8, 4) is 5.75 Å². The van der Waals surface area contributed by atoms with Gasteiger partial charge in [-0.25, -0.2) is 4.98 Å². The van der Waals surface area contributed by atoms with Crippen molar-refractivity contribution in [2.45, 2.75) is 59.8 Å². The van der Waals surface area contributed by atoms with Gasteiger partial charge in [0.25, 0.3) is 0 Å². The lowest BCUT2D eigenvalue weighted by Gasteiger charge is -2.25. The van der Waals surface area contributed by atoms with Gasteiger partial charge < -0.3 is 10.1 Å². The average molecular weight is 278 g/mol. The fourth-order valence-electron chi connectivity index (χ4n) is 2.12. The van der Waals surface area contributed by atoms with Crippen LogP contribution in [0.5, 0.6) is 5.75 Å². The van der Waals surface area contributed by atoms with Crippen LogP contribution in [0, 0.1) is 5.41 Å². The van der Waals surface area contributed by atoms with E-state index in [1.54, 1.807) is 0 Å². The normalized spacial score (nSPS) is 11.4. The molecule has 1 heterocycles. The standard InChI is InChI=1S/C17H30N2O/c1-5-7-8-11-17(3,4)14-19-16-15(20-13-6-2)10-9-12-18-16/h9-10,12H,5-8,11,13-14H2,1-4H3,(H,18,19). The Bertz CT molecular complexity index is 377. The molecule has 0 amide bonds. The number of nitrogens with one attached hydrogen (secondary N) is 1. The van der Waals surface area contributed by atoms with Gasteiger partial charge in [-0.15, -0.1) is 0 Å². The Morgan fingerprint density at radius 1 is 1.20 bits per heavy atom. The first-order valence-electron chi connectivity index (χ1n) is 7.90. The number of anilines is 1. The van der Waals surface area contributed by atoms with Gasteiger partial charge in [0.1, 0.15) is 0 Å². The van der Waals surface area contributed by atoms with Gasteiger partial charge in [-0.05, 0) is 30.4 Å². The third-order valence-corrected chi connectivity index (χ3v) is 3.42. The lowest BCUT2D eigenvalue weighted by molar-refractivity contribution is 0.315. The molecule has 0 aliphatic carbocycles. The molecule has 0 saturated heterocycles. The quantitative estimate of drug-likeness (QED) is 0.619. The summed E-state index contributed by atoms with van der Waals surface area (Å²) in [6.45, 7) is 10.6. The lowest BCUT2D eigenvalue weighted by Crippen LogP contribution is -2.23. The summed E-state index contributed by atoms with van der Waals surface area (Å²) in [6.07, 6.45) is 7.96. The molecule has 3 heteroatoms. The number of hydrogen-bond donors (Lipinski definition) is 1. The molecule has 1 aromatic rings. The highest BCUT2D eigenvalue weighted by Crippen LogP contribution is 2.27. The van der Waals surface area contributed by atoms with E-state index in [-0.39, 0.29) is 5.41 Å². The van der Waals surface area contributed by atoms with Crippen LogP contribution in [0.2, 0.25) is 0 Å². The second kappa shape index (κ2) is 8.83. The summed E-state index contributed by atoms with van der Waals surface area (Å²) in [5.41, 5.74) is 0.286. The van der Waals surface area contributed by atoms with Crippen molar-refractivity contribution >= 4 is 5.82 Å². The topological polar surface area (TPSA) is 34.2 Å². The van der Waals surface area contributed by atoms with Gasteiger partial charge in [0, 0.05) is 12.7 Å². The molecule has 1 rings (SSSR count). The zero-order chi connectivity index (χ0) is 14.8. The van der Waals surface area contributed by atoms with E-state index in [2.05, 4.69) is 38.0 Å². The highest BCUT2D eigenvalue weighted by molar-refractivity contribution is 5.49. The van der Waals surface area contributed by atoms with Crippen LogP contribution >= 0.6 is 0 Å². The first kappa shape index (κ1) is 16.8. The molecule has 0 spiro atoms. The fourth-order valence-corrected chi connectivity index (χ4v) is 2.12. The van der Waals surface area contributed by atoms with Crippen molar-refractivity contribution in [3.05, 3.63) is 18.3 Å². The van der Waals surface area contributed by atoms with Gasteiger partial charge in [-0.1, -0.05) is 47.0 Å². The van der Waals surface area contributed by atoms with Crippen LogP contribution in [0.3, 0.4) is 0 Å².